The Balaban J connectivity index is 3.12. The molecule has 0 atom stereocenters. The van der Waals surface area contributed by atoms with Gasteiger partial charge in [0.25, 0.3) is 0 Å². The van der Waals surface area contributed by atoms with Crippen molar-refractivity contribution in [2.75, 3.05) is 18.1 Å². The maximum atomic E-state index is 8.49. The molecule has 4 heteroatoms. The van der Waals surface area contributed by atoms with Crippen LogP contribution in [-0.4, -0.2) is 12.0 Å². The maximum Gasteiger partial charge on any atom is 0.143 e. The highest BCUT2D eigenvalue weighted by Gasteiger charge is 1.98. The summed E-state index contributed by atoms with van der Waals surface area (Å²) in [5, 5.41) is 11.3. The lowest BCUT2D eigenvalue weighted by Gasteiger charge is -1.99. The number of hydrogen-bond acceptors (Lipinski definition) is 4. The molecule has 56 valence electrons. The van der Waals surface area contributed by atoms with Crippen molar-refractivity contribution in [1.29, 1.82) is 5.26 Å². The normalized spacial score (nSPS) is 8.73. The molecule has 0 radical (unpaired) electrons. The summed E-state index contributed by atoms with van der Waals surface area (Å²) >= 11 is 0. The first-order valence-corrected chi connectivity index (χ1v) is 3.12. The second kappa shape index (κ2) is 2.88. The third-order valence-electron chi connectivity index (χ3n) is 1.30. The largest absolute Gasteiger partial charge is 0.383 e. The number of aromatic nitrogens is 1. The number of rotatable bonds is 1. The molecule has 3 N–H and O–H groups in total. The summed E-state index contributed by atoms with van der Waals surface area (Å²) in [6, 6.07) is 5.27. The molecule has 0 spiro atoms. The van der Waals surface area contributed by atoms with Crippen molar-refractivity contribution in [3.8, 4) is 6.07 Å². The van der Waals surface area contributed by atoms with Crippen LogP contribution < -0.4 is 11.1 Å². The molecule has 4 nitrogen and oxygen atoms in total. The Morgan fingerprint density at radius 2 is 2.36 bits per heavy atom. The molecule has 1 heterocycles. The minimum Gasteiger partial charge on any atom is -0.383 e. The first kappa shape index (κ1) is 7.35. The van der Waals surface area contributed by atoms with Gasteiger partial charge >= 0.3 is 0 Å². The van der Waals surface area contributed by atoms with Gasteiger partial charge in [-0.1, -0.05) is 0 Å². The van der Waals surface area contributed by atoms with Gasteiger partial charge in [-0.25, -0.2) is 4.98 Å². The lowest BCUT2D eigenvalue weighted by molar-refractivity contribution is 1.28. The van der Waals surface area contributed by atoms with E-state index in [2.05, 4.69) is 10.3 Å². The minimum atomic E-state index is 0.263. The maximum absolute atomic E-state index is 8.49. The van der Waals surface area contributed by atoms with Crippen LogP contribution in [0.3, 0.4) is 0 Å². The standard InChI is InChI=1S/C7H8N4/c1-10-6-3-2-5(4-8)7(9)11-6/h2-3H,1H3,(H3,9,10,11). The average Bonchev–Trinajstić information content (AvgIpc) is 2.04. The SMILES string of the molecule is CNc1ccc(C#N)c(N)n1. The van der Waals surface area contributed by atoms with Crippen molar-refractivity contribution in [2.24, 2.45) is 0 Å². The fourth-order valence-corrected chi connectivity index (χ4v) is 0.709. The van der Waals surface area contributed by atoms with E-state index in [4.69, 9.17) is 11.0 Å². The van der Waals surface area contributed by atoms with E-state index >= 15 is 0 Å². The van der Waals surface area contributed by atoms with Crippen molar-refractivity contribution in [3.63, 3.8) is 0 Å². The minimum absolute atomic E-state index is 0.263. The molecule has 0 amide bonds. The zero-order valence-electron chi connectivity index (χ0n) is 6.13. The second-order valence-electron chi connectivity index (χ2n) is 1.99. The van der Waals surface area contributed by atoms with Crippen LogP contribution >= 0.6 is 0 Å². The van der Waals surface area contributed by atoms with Crippen molar-refractivity contribution in [2.45, 2.75) is 0 Å². The highest BCUT2D eigenvalue weighted by molar-refractivity contribution is 5.53. The van der Waals surface area contributed by atoms with Crippen LogP contribution in [0, 0.1) is 11.3 Å². The molecule has 1 rings (SSSR count). The molecule has 0 aliphatic carbocycles. The predicted octanol–water partition coefficient (Wildman–Crippen LogP) is 0.577. The van der Waals surface area contributed by atoms with Crippen molar-refractivity contribution in [3.05, 3.63) is 17.7 Å². The number of pyridine rings is 1. The predicted molar refractivity (Wildman–Crippen MR) is 42.9 cm³/mol. The van der Waals surface area contributed by atoms with Crippen LogP contribution in [0.15, 0.2) is 12.1 Å². The van der Waals surface area contributed by atoms with Crippen LogP contribution in [0.5, 0.6) is 0 Å². The molecule has 0 bridgehead atoms. The summed E-state index contributed by atoms with van der Waals surface area (Å²) in [5.74, 6) is 0.931. The lowest BCUT2D eigenvalue weighted by Crippen LogP contribution is -1.98. The first-order chi connectivity index (χ1) is 5.27. The molecule has 0 unspecified atom stereocenters. The Labute approximate surface area is 64.7 Å². The van der Waals surface area contributed by atoms with Gasteiger partial charge < -0.3 is 11.1 Å². The molecule has 0 saturated heterocycles. The summed E-state index contributed by atoms with van der Waals surface area (Å²) in [6.45, 7) is 0. The Hall–Kier alpha value is -1.76. The smallest absolute Gasteiger partial charge is 0.143 e. The summed E-state index contributed by atoms with van der Waals surface area (Å²) in [4.78, 5) is 3.91. The van der Waals surface area contributed by atoms with E-state index < -0.39 is 0 Å². The molecule has 11 heavy (non-hydrogen) atoms. The zero-order valence-corrected chi connectivity index (χ0v) is 6.13. The molecule has 1 aromatic heterocycles. The van der Waals surface area contributed by atoms with E-state index in [0.717, 1.165) is 0 Å². The van der Waals surface area contributed by atoms with Crippen molar-refractivity contribution < 1.29 is 0 Å². The number of nitriles is 1. The number of nitrogen functional groups attached to an aromatic ring is 1. The highest BCUT2D eigenvalue weighted by atomic mass is 15.0. The zero-order chi connectivity index (χ0) is 8.27. The molecular formula is C7H8N4. The van der Waals surface area contributed by atoms with Gasteiger partial charge in [0.2, 0.25) is 0 Å². The molecule has 0 aliphatic rings. The fraction of sp³-hybridized carbons (Fsp3) is 0.143. The monoisotopic (exact) mass is 148 g/mol. The quantitative estimate of drug-likeness (QED) is 0.610. The van der Waals surface area contributed by atoms with Crippen LogP contribution in [-0.2, 0) is 0 Å². The molecule has 0 aliphatic heterocycles. The number of hydrogen-bond donors (Lipinski definition) is 2. The van der Waals surface area contributed by atoms with E-state index in [0.29, 0.717) is 11.4 Å². The molecule has 0 saturated carbocycles. The number of nitrogens with two attached hydrogens (primary N) is 1. The van der Waals surface area contributed by atoms with Gasteiger partial charge in [-0.15, -0.1) is 0 Å². The van der Waals surface area contributed by atoms with Crippen LogP contribution in [0.25, 0.3) is 0 Å². The van der Waals surface area contributed by atoms with Crippen LogP contribution in [0.2, 0.25) is 0 Å². The van der Waals surface area contributed by atoms with Gasteiger partial charge in [-0.2, -0.15) is 5.26 Å². The van der Waals surface area contributed by atoms with Gasteiger partial charge in [-0.3, -0.25) is 0 Å². The van der Waals surface area contributed by atoms with Crippen molar-refractivity contribution in [1.82, 2.24) is 4.98 Å². The van der Waals surface area contributed by atoms with Gasteiger partial charge in [-0.05, 0) is 12.1 Å². The van der Waals surface area contributed by atoms with Gasteiger partial charge in [0.05, 0.1) is 5.56 Å². The topological polar surface area (TPSA) is 74.7 Å². The van der Waals surface area contributed by atoms with E-state index in [9.17, 15) is 0 Å². The van der Waals surface area contributed by atoms with Gasteiger partial charge in [0.1, 0.15) is 17.7 Å². The second-order valence-corrected chi connectivity index (χ2v) is 1.99. The molecule has 0 fully saturated rings. The lowest BCUT2D eigenvalue weighted by atomic mass is 10.3. The van der Waals surface area contributed by atoms with Gasteiger partial charge in [0.15, 0.2) is 0 Å². The number of anilines is 2. The van der Waals surface area contributed by atoms with E-state index in [1.165, 1.54) is 0 Å². The first-order valence-electron chi connectivity index (χ1n) is 3.12. The Kier molecular flexibility index (Phi) is 1.93. The molecule has 1 aromatic rings. The number of nitrogens with zero attached hydrogens (tertiary/aromatic N) is 2. The average molecular weight is 148 g/mol. The number of nitrogens with one attached hydrogen (secondary N) is 1. The van der Waals surface area contributed by atoms with E-state index in [-0.39, 0.29) is 5.82 Å². The van der Waals surface area contributed by atoms with Gasteiger partial charge in [0, 0.05) is 7.05 Å². The summed E-state index contributed by atoms with van der Waals surface area (Å²) in [7, 11) is 1.74. The summed E-state index contributed by atoms with van der Waals surface area (Å²) in [5.41, 5.74) is 5.84. The van der Waals surface area contributed by atoms with Crippen LogP contribution in [0.4, 0.5) is 11.6 Å². The molecule has 0 aromatic carbocycles. The van der Waals surface area contributed by atoms with E-state index in [1.54, 1.807) is 19.2 Å². The highest BCUT2D eigenvalue weighted by Crippen LogP contribution is 2.10. The Bertz CT molecular complexity index is 300. The Morgan fingerprint density at radius 3 is 2.82 bits per heavy atom. The van der Waals surface area contributed by atoms with Crippen molar-refractivity contribution >= 4 is 11.6 Å². The third kappa shape index (κ3) is 1.38. The van der Waals surface area contributed by atoms with E-state index in [1.807, 2.05) is 6.07 Å². The summed E-state index contributed by atoms with van der Waals surface area (Å²) < 4.78 is 0. The summed E-state index contributed by atoms with van der Waals surface area (Å²) in [6.07, 6.45) is 0. The molecular weight excluding hydrogens is 140 g/mol. The third-order valence-corrected chi connectivity index (χ3v) is 1.30. The Morgan fingerprint density at radius 1 is 1.64 bits per heavy atom. The van der Waals surface area contributed by atoms with Crippen LogP contribution in [0.1, 0.15) is 5.56 Å². The fourth-order valence-electron chi connectivity index (χ4n) is 0.709.